The van der Waals surface area contributed by atoms with Crippen molar-refractivity contribution in [1.29, 1.82) is 0 Å². The van der Waals surface area contributed by atoms with E-state index in [0.29, 0.717) is 24.5 Å². The van der Waals surface area contributed by atoms with Gasteiger partial charge in [0.1, 0.15) is 17.4 Å². The summed E-state index contributed by atoms with van der Waals surface area (Å²) in [4.78, 5) is 25.0. The fourth-order valence-corrected chi connectivity index (χ4v) is 4.38. The third kappa shape index (κ3) is 4.12. The Morgan fingerprint density at radius 2 is 2.13 bits per heavy atom. The number of rotatable bonds is 6. The summed E-state index contributed by atoms with van der Waals surface area (Å²) >= 11 is 0. The molecule has 4 rings (SSSR count). The van der Waals surface area contributed by atoms with E-state index < -0.39 is 5.97 Å². The van der Waals surface area contributed by atoms with Crippen LogP contribution in [-0.4, -0.2) is 41.6 Å². The third-order valence-electron chi connectivity index (χ3n) is 6.05. The van der Waals surface area contributed by atoms with Gasteiger partial charge < -0.3 is 23.9 Å². The molecule has 0 aliphatic carbocycles. The van der Waals surface area contributed by atoms with Crippen LogP contribution in [0.4, 0.5) is 0 Å². The summed E-state index contributed by atoms with van der Waals surface area (Å²) < 4.78 is 18.6. The van der Waals surface area contributed by atoms with Gasteiger partial charge in [0.05, 0.1) is 32.1 Å². The van der Waals surface area contributed by atoms with Gasteiger partial charge >= 0.3 is 5.97 Å². The first kappa shape index (κ1) is 21.6. The minimum Gasteiger partial charge on any atom is -0.488 e. The molecule has 7 heteroatoms. The second-order valence-electron chi connectivity index (χ2n) is 8.46. The van der Waals surface area contributed by atoms with E-state index in [1.165, 1.54) is 6.07 Å². The maximum atomic E-state index is 12.7. The molecule has 166 valence electrons. The molecular weight excluding hydrogens is 398 g/mol. The van der Waals surface area contributed by atoms with Gasteiger partial charge in [-0.05, 0) is 37.0 Å². The van der Waals surface area contributed by atoms with Crippen molar-refractivity contribution in [1.82, 2.24) is 4.57 Å². The predicted octanol–water partition coefficient (Wildman–Crippen LogP) is 3.11. The molecule has 1 aromatic carbocycles. The smallest absolute Gasteiger partial charge is 0.343 e. The van der Waals surface area contributed by atoms with E-state index in [1.807, 2.05) is 16.7 Å². The van der Waals surface area contributed by atoms with Gasteiger partial charge in [-0.3, -0.25) is 4.79 Å². The number of hydrogen-bond acceptors (Lipinski definition) is 6. The van der Waals surface area contributed by atoms with Gasteiger partial charge in [-0.25, -0.2) is 4.79 Å². The van der Waals surface area contributed by atoms with Crippen LogP contribution in [0.3, 0.4) is 0 Å². The Labute approximate surface area is 181 Å². The van der Waals surface area contributed by atoms with Crippen LogP contribution < -0.4 is 10.2 Å². The Hall–Kier alpha value is -2.64. The molecule has 2 aliphatic heterocycles. The first-order valence-corrected chi connectivity index (χ1v) is 10.9. The van der Waals surface area contributed by atoms with Crippen molar-refractivity contribution in [3.8, 4) is 17.0 Å². The van der Waals surface area contributed by atoms with Crippen molar-refractivity contribution in [2.24, 2.45) is 5.92 Å². The number of carbonyl (C=O) groups is 1. The van der Waals surface area contributed by atoms with Crippen molar-refractivity contribution in [2.45, 2.75) is 52.4 Å². The monoisotopic (exact) mass is 427 g/mol. The molecule has 3 heterocycles. The van der Waals surface area contributed by atoms with Gasteiger partial charge in [-0.2, -0.15) is 0 Å². The van der Waals surface area contributed by atoms with Crippen molar-refractivity contribution < 1.29 is 24.1 Å². The molecule has 1 fully saturated rings. The first-order valence-electron chi connectivity index (χ1n) is 10.9. The zero-order chi connectivity index (χ0) is 22.1. The lowest BCUT2D eigenvalue weighted by Gasteiger charge is -2.34. The normalized spacial score (nSPS) is 19.8. The number of benzene rings is 1. The Kier molecular flexibility index (Phi) is 6.16. The second kappa shape index (κ2) is 8.85. The van der Waals surface area contributed by atoms with Crippen LogP contribution in [0.15, 0.2) is 29.2 Å². The van der Waals surface area contributed by atoms with Crippen molar-refractivity contribution in [3.63, 3.8) is 0 Å². The Morgan fingerprint density at radius 3 is 2.77 bits per heavy atom. The summed E-state index contributed by atoms with van der Waals surface area (Å²) in [5, 5.41) is 9.97. The van der Waals surface area contributed by atoms with Crippen LogP contribution in [-0.2, 0) is 22.5 Å². The Bertz CT molecular complexity index is 1040. The van der Waals surface area contributed by atoms with Crippen molar-refractivity contribution in [2.75, 3.05) is 19.8 Å². The molecule has 0 saturated carbocycles. The third-order valence-corrected chi connectivity index (χ3v) is 6.05. The minimum atomic E-state index is -0.602. The number of aromatic nitrogens is 1. The Morgan fingerprint density at radius 1 is 1.32 bits per heavy atom. The number of ether oxygens (including phenoxy) is 3. The fraction of sp³-hybridized carbons (Fsp3) is 0.500. The van der Waals surface area contributed by atoms with E-state index >= 15 is 0 Å². The van der Waals surface area contributed by atoms with E-state index in [4.69, 9.17) is 14.2 Å². The zero-order valence-corrected chi connectivity index (χ0v) is 18.2. The maximum absolute atomic E-state index is 12.7. The van der Waals surface area contributed by atoms with Gasteiger partial charge in [0.2, 0.25) is 0 Å². The van der Waals surface area contributed by atoms with Crippen LogP contribution in [0.25, 0.3) is 11.3 Å². The number of fused-ring (bicyclic) bond motifs is 3. The number of carbonyl (C=O) groups excluding carboxylic acids is 1. The summed E-state index contributed by atoms with van der Waals surface area (Å²) in [5.74, 6) is 0.336. The molecule has 2 atom stereocenters. The van der Waals surface area contributed by atoms with Gasteiger partial charge in [0.25, 0.3) is 0 Å². The van der Waals surface area contributed by atoms with Crippen molar-refractivity contribution >= 4 is 5.97 Å². The van der Waals surface area contributed by atoms with Crippen LogP contribution in [0.1, 0.15) is 54.7 Å². The number of pyridine rings is 1. The highest BCUT2D eigenvalue weighted by molar-refractivity contribution is 5.89. The summed E-state index contributed by atoms with van der Waals surface area (Å²) in [7, 11) is 0. The second-order valence-corrected chi connectivity index (χ2v) is 8.46. The molecule has 7 nitrogen and oxygen atoms in total. The van der Waals surface area contributed by atoms with Crippen LogP contribution in [0, 0.1) is 5.92 Å². The quantitative estimate of drug-likeness (QED) is 0.713. The van der Waals surface area contributed by atoms with Crippen molar-refractivity contribution in [3.05, 3.63) is 51.3 Å². The van der Waals surface area contributed by atoms with Crippen LogP contribution in [0.5, 0.6) is 5.75 Å². The molecule has 0 spiro atoms. The molecule has 1 N–H and O–H groups in total. The number of aliphatic hydroxyl groups is 1. The molecule has 0 amide bonds. The lowest BCUT2D eigenvalue weighted by atomic mass is 9.86. The first-order chi connectivity index (χ1) is 14.9. The summed E-state index contributed by atoms with van der Waals surface area (Å²) in [6.07, 6.45) is 3.16. The number of nitrogens with zero attached hydrogens (tertiary/aromatic N) is 1. The fourth-order valence-electron chi connectivity index (χ4n) is 4.38. The highest BCUT2D eigenvalue weighted by Gasteiger charge is 2.30. The summed E-state index contributed by atoms with van der Waals surface area (Å²) in [5.41, 5.74) is 3.03. The molecule has 1 aromatic heterocycles. The van der Waals surface area contributed by atoms with E-state index in [2.05, 4.69) is 13.8 Å². The van der Waals surface area contributed by atoms with E-state index in [-0.39, 0.29) is 42.3 Å². The van der Waals surface area contributed by atoms with Gasteiger partial charge in [0.15, 0.2) is 5.43 Å². The highest BCUT2D eigenvalue weighted by atomic mass is 16.5. The lowest BCUT2D eigenvalue weighted by Crippen LogP contribution is -2.29. The van der Waals surface area contributed by atoms with E-state index in [0.717, 1.165) is 29.7 Å². The average Bonchev–Trinajstić information content (AvgIpc) is 3.25. The number of hydrogen-bond donors (Lipinski definition) is 1. The molecule has 0 radical (unpaired) electrons. The lowest BCUT2D eigenvalue weighted by molar-refractivity contribution is 0.0523. The topological polar surface area (TPSA) is 87.0 Å². The van der Waals surface area contributed by atoms with Crippen LogP contribution in [0.2, 0.25) is 0 Å². The average molecular weight is 427 g/mol. The molecule has 0 bridgehead atoms. The number of esters is 1. The summed E-state index contributed by atoms with van der Waals surface area (Å²) in [6.45, 7) is 7.23. The SMILES string of the molecule is CCOC(=O)c1cn2c(cc1=O)-c1cc(CO)c(O[C@H]3CCOC3)cc1CC2C(C)C. The largest absolute Gasteiger partial charge is 0.488 e. The van der Waals surface area contributed by atoms with Gasteiger partial charge in [-0.1, -0.05) is 13.8 Å². The van der Waals surface area contributed by atoms with E-state index in [1.54, 1.807) is 13.1 Å². The maximum Gasteiger partial charge on any atom is 0.343 e. The van der Waals surface area contributed by atoms with Gasteiger partial charge in [0, 0.05) is 35.9 Å². The molecule has 2 aromatic rings. The molecule has 1 saturated heterocycles. The molecule has 31 heavy (non-hydrogen) atoms. The molecule has 1 unspecified atom stereocenters. The zero-order valence-electron chi connectivity index (χ0n) is 18.2. The predicted molar refractivity (Wildman–Crippen MR) is 115 cm³/mol. The highest BCUT2D eigenvalue weighted by Crippen LogP contribution is 2.40. The summed E-state index contributed by atoms with van der Waals surface area (Å²) in [6, 6.07) is 5.46. The Balaban J connectivity index is 1.82. The van der Waals surface area contributed by atoms with Crippen LogP contribution >= 0.6 is 0 Å². The molecular formula is C24H29NO6. The number of aliphatic hydroxyl groups excluding tert-OH is 1. The minimum absolute atomic E-state index is 0.0186. The molecule has 2 aliphatic rings. The standard InChI is InChI=1S/C24H29NO6/c1-4-30-24(28)19-11-25-20(14(2)3)8-15-9-23(31-17-5-6-29-13-17)16(12-26)7-18(15)21(25)10-22(19)27/h7,9-11,14,17,20,26H,4-6,8,12-13H2,1-3H3/t17-,20?/m0/s1. The van der Waals surface area contributed by atoms with E-state index in [9.17, 15) is 14.7 Å². The van der Waals surface area contributed by atoms with Gasteiger partial charge in [-0.15, -0.1) is 0 Å².